The minimum Gasteiger partial charge on any atom is -0.324 e. The largest absolute Gasteiger partial charge is 0.332 e. The predicted molar refractivity (Wildman–Crippen MR) is 92.6 cm³/mol. The number of aryl methyl sites for hydroxylation is 2. The van der Waals surface area contributed by atoms with Crippen molar-refractivity contribution >= 4 is 22.8 Å². The first kappa shape index (κ1) is 15.4. The van der Waals surface area contributed by atoms with Gasteiger partial charge in [0, 0.05) is 19.8 Å². The van der Waals surface area contributed by atoms with Gasteiger partial charge in [-0.25, -0.2) is 9.78 Å². The molecule has 8 heteroatoms. The van der Waals surface area contributed by atoms with Gasteiger partial charge in [-0.15, -0.1) is 0 Å². The van der Waals surface area contributed by atoms with Crippen molar-refractivity contribution in [3.63, 3.8) is 0 Å². The average Bonchev–Trinajstić information content (AvgIpc) is 2.97. The van der Waals surface area contributed by atoms with E-state index in [0.29, 0.717) is 12.8 Å². The molecule has 128 valence electrons. The molecule has 1 atom stereocenters. The fraction of sp³-hybridized carbons (Fsp3) is 0.294. The van der Waals surface area contributed by atoms with Crippen LogP contribution in [0.4, 0.5) is 5.69 Å². The molecule has 0 saturated heterocycles. The summed E-state index contributed by atoms with van der Waals surface area (Å²) in [4.78, 5) is 41.6. The highest BCUT2D eigenvalue weighted by molar-refractivity contribution is 5.96. The van der Waals surface area contributed by atoms with Crippen LogP contribution in [-0.4, -0.2) is 24.6 Å². The summed E-state index contributed by atoms with van der Waals surface area (Å²) in [5.74, 6) is -0.194. The number of amides is 1. The molecule has 0 unspecified atom stereocenters. The smallest absolute Gasteiger partial charge is 0.324 e. The second-order valence-electron chi connectivity index (χ2n) is 6.23. The van der Waals surface area contributed by atoms with Crippen molar-refractivity contribution in [2.24, 2.45) is 14.1 Å². The summed E-state index contributed by atoms with van der Waals surface area (Å²) < 4.78 is 3.93. The van der Waals surface area contributed by atoms with Gasteiger partial charge in [-0.1, -0.05) is 18.2 Å². The molecule has 3 aromatic rings. The second kappa shape index (κ2) is 5.44. The van der Waals surface area contributed by atoms with Crippen LogP contribution < -0.4 is 16.6 Å². The number of carbonyl (C=O) groups excluding carboxylic acids is 1. The van der Waals surface area contributed by atoms with Gasteiger partial charge in [-0.05, 0) is 24.5 Å². The monoisotopic (exact) mass is 339 g/mol. The van der Waals surface area contributed by atoms with E-state index in [2.05, 4.69) is 10.3 Å². The van der Waals surface area contributed by atoms with Crippen LogP contribution in [0.2, 0.25) is 0 Å². The van der Waals surface area contributed by atoms with Crippen LogP contribution in [-0.2, 0) is 25.3 Å². The van der Waals surface area contributed by atoms with E-state index in [9.17, 15) is 14.4 Å². The Morgan fingerprint density at radius 3 is 2.68 bits per heavy atom. The van der Waals surface area contributed by atoms with Crippen molar-refractivity contribution in [3.8, 4) is 0 Å². The molecule has 0 aliphatic carbocycles. The molecule has 0 fully saturated rings. The lowest BCUT2D eigenvalue weighted by Crippen LogP contribution is -2.38. The molecule has 1 aromatic carbocycles. The number of fused-ring (bicyclic) bond motifs is 2. The van der Waals surface area contributed by atoms with Gasteiger partial charge in [-0.3, -0.25) is 18.7 Å². The van der Waals surface area contributed by atoms with E-state index < -0.39 is 17.3 Å². The third-order valence-corrected chi connectivity index (χ3v) is 4.77. The lowest BCUT2D eigenvalue weighted by atomic mass is 10.1. The zero-order valence-corrected chi connectivity index (χ0v) is 13.9. The molecule has 0 bridgehead atoms. The van der Waals surface area contributed by atoms with Gasteiger partial charge in [0.15, 0.2) is 11.2 Å². The maximum Gasteiger partial charge on any atom is 0.332 e. The summed E-state index contributed by atoms with van der Waals surface area (Å²) >= 11 is 0. The number of nitrogens with zero attached hydrogens (tertiary/aromatic N) is 4. The number of hydrogen-bond donors (Lipinski definition) is 1. The van der Waals surface area contributed by atoms with E-state index in [4.69, 9.17) is 0 Å². The molecule has 1 amide bonds. The molecule has 0 radical (unpaired) electrons. The Morgan fingerprint density at radius 1 is 1.12 bits per heavy atom. The van der Waals surface area contributed by atoms with E-state index >= 15 is 0 Å². The van der Waals surface area contributed by atoms with Crippen molar-refractivity contribution in [1.82, 2.24) is 18.7 Å². The highest BCUT2D eigenvalue weighted by Crippen LogP contribution is 2.28. The lowest BCUT2D eigenvalue weighted by Gasteiger charge is -2.16. The summed E-state index contributed by atoms with van der Waals surface area (Å²) in [6.07, 6.45) is 2.71. The van der Waals surface area contributed by atoms with Gasteiger partial charge < -0.3 is 9.88 Å². The average molecular weight is 339 g/mol. The van der Waals surface area contributed by atoms with Crippen LogP contribution >= 0.6 is 0 Å². The predicted octanol–water partition coefficient (Wildman–Crippen LogP) is 0.560. The molecular formula is C17H17N5O3. The first-order valence-corrected chi connectivity index (χ1v) is 8.00. The molecular weight excluding hydrogens is 322 g/mol. The van der Waals surface area contributed by atoms with Crippen molar-refractivity contribution in [1.29, 1.82) is 0 Å². The summed E-state index contributed by atoms with van der Waals surface area (Å²) in [5.41, 5.74) is 1.49. The molecule has 0 saturated carbocycles. The van der Waals surface area contributed by atoms with Crippen molar-refractivity contribution in [2.75, 3.05) is 5.32 Å². The number of imidazole rings is 1. The van der Waals surface area contributed by atoms with Gasteiger partial charge >= 0.3 is 5.69 Å². The number of anilines is 1. The molecule has 3 heterocycles. The van der Waals surface area contributed by atoms with Gasteiger partial charge in [0.1, 0.15) is 6.04 Å². The third kappa shape index (κ3) is 2.21. The summed E-state index contributed by atoms with van der Waals surface area (Å²) in [5, 5.41) is 2.92. The molecule has 1 N–H and O–H groups in total. The number of nitrogens with one attached hydrogen (secondary N) is 1. The number of hydrogen-bond acceptors (Lipinski definition) is 4. The Labute approximate surface area is 142 Å². The van der Waals surface area contributed by atoms with Crippen LogP contribution in [0.5, 0.6) is 0 Å². The number of benzene rings is 1. The summed E-state index contributed by atoms with van der Waals surface area (Å²) in [6.45, 7) is 0. The molecule has 1 aliphatic heterocycles. The SMILES string of the molecule is Cn1c(=O)c2c(ncn2[C@@H]2CCc3ccccc3NC2=O)n(C)c1=O. The van der Waals surface area contributed by atoms with E-state index in [1.54, 1.807) is 11.6 Å². The van der Waals surface area contributed by atoms with Crippen LogP contribution in [0, 0.1) is 0 Å². The molecule has 8 nitrogen and oxygen atoms in total. The Bertz CT molecular complexity index is 1120. The van der Waals surface area contributed by atoms with Crippen LogP contribution in [0.1, 0.15) is 18.0 Å². The topological polar surface area (TPSA) is 90.9 Å². The molecule has 2 aromatic heterocycles. The summed E-state index contributed by atoms with van der Waals surface area (Å²) in [7, 11) is 2.98. The molecule has 0 spiro atoms. The third-order valence-electron chi connectivity index (χ3n) is 4.77. The zero-order valence-electron chi connectivity index (χ0n) is 13.9. The van der Waals surface area contributed by atoms with E-state index in [1.807, 2.05) is 24.3 Å². The lowest BCUT2D eigenvalue weighted by molar-refractivity contribution is -0.119. The maximum absolute atomic E-state index is 12.7. The molecule has 1 aliphatic rings. The van der Waals surface area contributed by atoms with E-state index in [-0.39, 0.29) is 17.1 Å². The fourth-order valence-electron chi connectivity index (χ4n) is 3.37. The number of rotatable bonds is 1. The van der Waals surface area contributed by atoms with Crippen LogP contribution in [0.3, 0.4) is 0 Å². The Morgan fingerprint density at radius 2 is 1.88 bits per heavy atom. The summed E-state index contributed by atoms with van der Waals surface area (Å²) in [6, 6.07) is 7.08. The Balaban J connectivity index is 1.88. The molecule has 25 heavy (non-hydrogen) atoms. The quantitative estimate of drug-likeness (QED) is 0.701. The van der Waals surface area contributed by atoms with Gasteiger partial charge in [0.25, 0.3) is 5.56 Å². The van der Waals surface area contributed by atoms with Crippen LogP contribution in [0.25, 0.3) is 11.2 Å². The first-order valence-electron chi connectivity index (χ1n) is 8.00. The zero-order chi connectivity index (χ0) is 17.7. The van der Waals surface area contributed by atoms with Gasteiger partial charge in [0.05, 0.1) is 6.33 Å². The van der Waals surface area contributed by atoms with Crippen LogP contribution in [0.15, 0.2) is 40.2 Å². The highest BCUT2D eigenvalue weighted by Gasteiger charge is 2.28. The normalized spacial score (nSPS) is 17.2. The van der Waals surface area contributed by atoms with Crippen molar-refractivity contribution in [2.45, 2.75) is 18.9 Å². The first-order chi connectivity index (χ1) is 12.0. The molecule has 4 rings (SSSR count). The number of aromatic nitrogens is 4. The Hall–Kier alpha value is -3.16. The minimum atomic E-state index is -0.567. The second-order valence-corrected chi connectivity index (χ2v) is 6.23. The van der Waals surface area contributed by atoms with E-state index in [1.165, 1.54) is 17.9 Å². The number of para-hydroxylation sites is 1. The Kier molecular flexibility index (Phi) is 3.34. The maximum atomic E-state index is 12.7. The van der Waals surface area contributed by atoms with Gasteiger partial charge in [-0.2, -0.15) is 0 Å². The fourth-order valence-corrected chi connectivity index (χ4v) is 3.37. The standard InChI is InChI=1S/C17H17N5O3/c1-20-14-13(16(24)21(2)17(20)25)22(9-18-14)12-8-7-10-5-3-4-6-11(10)19-15(12)23/h3-6,9,12H,7-8H2,1-2H3,(H,19,23)/t12-/m1/s1. The number of carbonyl (C=O) groups is 1. The van der Waals surface area contributed by atoms with Gasteiger partial charge in [0.2, 0.25) is 5.91 Å². The van der Waals surface area contributed by atoms with Crippen molar-refractivity contribution in [3.05, 3.63) is 57.0 Å². The van der Waals surface area contributed by atoms with Crippen molar-refractivity contribution < 1.29 is 4.79 Å². The van der Waals surface area contributed by atoms with E-state index in [0.717, 1.165) is 15.8 Å². The highest BCUT2D eigenvalue weighted by atomic mass is 16.2. The minimum absolute atomic E-state index is 0.194.